The Kier molecular flexibility index (Phi) is 7.69. The fourth-order valence-electron chi connectivity index (χ4n) is 3.46. The van der Waals surface area contributed by atoms with Gasteiger partial charge in [0.2, 0.25) is 5.91 Å². The summed E-state index contributed by atoms with van der Waals surface area (Å²) in [6.45, 7) is 7.20. The average molecular weight is 424 g/mol. The first-order chi connectivity index (χ1) is 14.5. The summed E-state index contributed by atoms with van der Waals surface area (Å²) in [5.41, 5.74) is 1.85. The van der Waals surface area contributed by atoms with E-state index in [1.165, 1.54) is 17.3 Å². The Balaban J connectivity index is 1.74. The molecule has 0 saturated heterocycles. The molecular formula is C24H29N3O2S. The number of carbonyl (C=O) groups excluding carboxylic acids is 1. The summed E-state index contributed by atoms with van der Waals surface area (Å²) in [4.78, 5) is 30.4. The second-order valence-electron chi connectivity index (χ2n) is 7.39. The molecule has 0 bridgehead atoms. The van der Waals surface area contributed by atoms with E-state index in [2.05, 4.69) is 29.4 Å². The van der Waals surface area contributed by atoms with Gasteiger partial charge in [0.05, 0.1) is 16.2 Å². The zero-order chi connectivity index (χ0) is 21.5. The Bertz CT molecular complexity index is 1050. The van der Waals surface area contributed by atoms with Crippen molar-refractivity contribution in [3.63, 3.8) is 0 Å². The van der Waals surface area contributed by atoms with E-state index in [9.17, 15) is 9.59 Å². The zero-order valence-electron chi connectivity index (χ0n) is 17.8. The highest BCUT2D eigenvalue weighted by Gasteiger charge is 2.20. The number of rotatable bonds is 9. The maximum Gasteiger partial charge on any atom is 0.262 e. The number of nitrogens with one attached hydrogen (secondary N) is 1. The van der Waals surface area contributed by atoms with Crippen molar-refractivity contribution in [2.75, 3.05) is 6.54 Å². The molecule has 0 radical (unpaired) electrons. The fourth-order valence-corrected chi connectivity index (χ4v) is 4.42. The summed E-state index contributed by atoms with van der Waals surface area (Å²) >= 11 is 1.34. The molecule has 3 rings (SSSR count). The first-order valence-electron chi connectivity index (χ1n) is 10.5. The van der Waals surface area contributed by atoms with Crippen molar-refractivity contribution >= 4 is 28.6 Å². The maximum absolute atomic E-state index is 12.9. The number of hydrogen-bond acceptors (Lipinski definition) is 4. The molecule has 2 aromatic carbocycles. The lowest BCUT2D eigenvalue weighted by molar-refractivity contribution is -0.120. The Hall–Kier alpha value is -2.60. The number of para-hydroxylation sites is 1. The van der Waals surface area contributed by atoms with Crippen molar-refractivity contribution in [3.05, 3.63) is 70.5 Å². The van der Waals surface area contributed by atoms with E-state index in [1.54, 1.807) is 10.6 Å². The van der Waals surface area contributed by atoms with Gasteiger partial charge in [0.15, 0.2) is 5.16 Å². The van der Waals surface area contributed by atoms with Gasteiger partial charge in [-0.2, -0.15) is 0 Å². The summed E-state index contributed by atoms with van der Waals surface area (Å²) in [7, 11) is 0. The fraction of sp³-hybridized carbons (Fsp3) is 0.375. The number of amides is 1. The van der Waals surface area contributed by atoms with Crippen molar-refractivity contribution in [1.29, 1.82) is 0 Å². The zero-order valence-corrected chi connectivity index (χ0v) is 18.6. The molecule has 0 aliphatic carbocycles. The molecule has 0 aliphatic rings. The molecule has 1 N–H and O–H groups in total. The number of benzene rings is 2. The van der Waals surface area contributed by atoms with E-state index in [-0.39, 0.29) is 22.6 Å². The summed E-state index contributed by atoms with van der Waals surface area (Å²) < 4.78 is 1.69. The Morgan fingerprint density at radius 2 is 1.80 bits per heavy atom. The molecule has 1 heterocycles. The van der Waals surface area contributed by atoms with Gasteiger partial charge in [-0.05, 0) is 37.5 Å². The molecule has 5 nitrogen and oxygen atoms in total. The van der Waals surface area contributed by atoms with Gasteiger partial charge >= 0.3 is 0 Å². The monoisotopic (exact) mass is 423 g/mol. The van der Waals surface area contributed by atoms with Crippen LogP contribution < -0.4 is 10.9 Å². The van der Waals surface area contributed by atoms with Crippen LogP contribution >= 0.6 is 11.8 Å². The van der Waals surface area contributed by atoms with E-state index in [4.69, 9.17) is 0 Å². The molecule has 0 spiro atoms. The van der Waals surface area contributed by atoms with E-state index in [0.29, 0.717) is 29.1 Å². The smallest absolute Gasteiger partial charge is 0.262 e. The van der Waals surface area contributed by atoms with Crippen LogP contribution in [0.4, 0.5) is 0 Å². The van der Waals surface area contributed by atoms with Crippen LogP contribution in [-0.4, -0.2) is 27.3 Å². The second kappa shape index (κ2) is 10.4. The number of thioether (sulfide) groups is 1. The minimum atomic E-state index is -0.352. The molecule has 1 aromatic heterocycles. The molecule has 0 unspecified atom stereocenters. The van der Waals surface area contributed by atoms with Crippen molar-refractivity contribution in [1.82, 2.24) is 14.9 Å². The van der Waals surface area contributed by atoms with Crippen LogP contribution in [0.2, 0.25) is 0 Å². The third-order valence-corrected chi connectivity index (χ3v) is 6.30. The summed E-state index contributed by atoms with van der Waals surface area (Å²) in [6, 6.07) is 17.6. The first-order valence-corrected chi connectivity index (χ1v) is 11.4. The molecule has 3 aromatic rings. The highest BCUT2D eigenvalue weighted by molar-refractivity contribution is 8.00. The third-order valence-electron chi connectivity index (χ3n) is 5.21. The number of hydrogen-bond donors (Lipinski definition) is 1. The quantitative estimate of drug-likeness (QED) is 0.404. The standard InChI is InChI=1S/C24H29N3O2S/c1-4-15-27-23(29)20-13-9-10-14-21(20)26-24(27)30-17(3)22(28)25-16-18(5-2)19-11-7-6-8-12-19/h6-14,17-18H,4-5,15-16H2,1-3H3,(H,25,28)/t17-,18+/m1/s1. The minimum absolute atomic E-state index is 0.0418. The van der Waals surface area contributed by atoms with Crippen LogP contribution in [0.25, 0.3) is 10.9 Å². The molecule has 0 saturated carbocycles. The van der Waals surface area contributed by atoms with Crippen molar-refractivity contribution < 1.29 is 4.79 Å². The van der Waals surface area contributed by atoms with E-state index < -0.39 is 0 Å². The highest BCUT2D eigenvalue weighted by Crippen LogP contribution is 2.23. The molecule has 1 amide bonds. The van der Waals surface area contributed by atoms with E-state index in [1.807, 2.05) is 50.2 Å². The summed E-state index contributed by atoms with van der Waals surface area (Å²) in [6.07, 6.45) is 1.78. The summed E-state index contributed by atoms with van der Waals surface area (Å²) in [5, 5.41) is 3.94. The Labute approximate surface area is 181 Å². The van der Waals surface area contributed by atoms with Crippen LogP contribution in [0.1, 0.15) is 45.1 Å². The molecule has 2 atom stereocenters. The lowest BCUT2D eigenvalue weighted by Gasteiger charge is -2.19. The van der Waals surface area contributed by atoms with Crippen LogP contribution in [-0.2, 0) is 11.3 Å². The van der Waals surface area contributed by atoms with Crippen molar-refractivity contribution in [3.8, 4) is 0 Å². The van der Waals surface area contributed by atoms with Gasteiger partial charge in [-0.15, -0.1) is 0 Å². The number of nitrogens with zero attached hydrogens (tertiary/aromatic N) is 2. The van der Waals surface area contributed by atoms with E-state index in [0.717, 1.165) is 12.8 Å². The van der Waals surface area contributed by atoms with Gasteiger partial charge in [-0.3, -0.25) is 14.2 Å². The first kappa shape index (κ1) is 22.1. The third kappa shape index (κ3) is 5.11. The lowest BCUT2D eigenvalue weighted by atomic mass is 9.96. The highest BCUT2D eigenvalue weighted by atomic mass is 32.2. The number of aromatic nitrogens is 2. The molecule has 0 fully saturated rings. The molecule has 0 aliphatic heterocycles. The predicted molar refractivity (Wildman–Crippen MR) is 124 cm³/mol. The van der Waals surface area contributed by atoms with Crippen LogP contribution in [0, 0.1) is 0 Å². The van der Waals surface area contributed by atoms with Gasteiger partial charge < -0.3 is 5.32 Å². The molecular weight excluding hydrogens is 394 g/mol. The molecule has 30 heavy (non-hydrogen) atoms. The second-order valence-corrected chi connectivity index (χ2v) is 8.70. The van der Waals surface area contributed by atoms with Gasteiger partial charge in [0, 0.05) is 19.0 Å². The van der Waals surface area contributed by atoms with Crippen molar-refractivity contribution in [2.24, 2.45) is 0 Å². The SMILES string of the molecule is CCCn1c(S[C@H](C)C(=O)NC[C@H](CC)c2ccccc2)nc2ccccc2c1=O. The molecule has 158 valence electrons. The van der Waals surface area contributed by atoms with Gasteiger partial charge in [0.25, 0.3) is 5.56 Å². The van der Waals surface area contributed by atoms with Crippen LogP contribution in [0.15, 0.2) is 64.5 Å². The average Bonchev–Trinajstić information content (AvgIpc) is 2.77. The van der Waals surface area contributed by atoms with E-state index >= 15 is 0 Å². The number of fused-ring (bicyclic) bond motifs is 1. The van der Waals surface area contributed by atoms with Gasteiger partial charge in [-0.25, -0.2) is 4.98 Å². The Morgan fingerprint density at radius 1 is 1.10 bits per heavy atom. The Morgan fingerprint density at radius 3 is 2.50 bits per heavy atom. The van der Waals surface area contributed by atoms with Crippen LogP contribution in [0.3, 0.4) is 0 Å². The normalized spacial score (nSPS) is 13.2. The topological polar surface area (TPSA) is 64.0 Å². The van der Waals surface area contributed by atoms with Gasteiger partial charge in [0.1, 0.15) is 0 Å². The predicted octanol–water partition coefficient (Wildman–Crippen LogP) is 4.60. The van der Waals surface area contributed by atoms with Gasteiger partial charge in [-0.1, -0.05) is 68.1 Å². The minimum Gasteiger partial charge on any atom is -0.355 e. The lowest BCUT2D eigenvalue weighted by Crippen LogP contribution is -2.34. The maximum atomic E-state index is 12.9. The summed E-state index contributed by atoms with van der Waals surface area (Å²) in [5.74, 6) is 0.240. The molecule has 6 heteroatoms. The van der Waals surface area contributed by atoms with Crippen molar-refractivity contribution in [2.45, 2.75) is 56.5 Å². The number of carbonyl (C=O) groups is 1. The van der Waals surface area contributed by atoms with Crippen LogP contribution in [0.5, 0.6) is 0 Å². The largest absolute Gasteiger partial charge is 0.355 e.